The standard InChI is InChI=1S/C32H34N4O6/c1-20-5-4-6-21(13-20)16-33-17-22-9-12-26(35-30(39)25-11-10-23-7-2-3-8-24(23)14-25)31(40)36(18-22)19-28(37)34-27-15-29(38)42-32(27)41/h2-11,13-14,26-27,32-33,41H,12,15-19H2,1H3,(H,34,37)(H,35,39). The number of amides is 3. The van der Waals surface area contributed by atoms with Crippen LogP contribution in [0, 0.1) is 6.92 Å². The fourth-order valence-corrected chi connectivity index (χ4v) is 5.23. The van der Waals surface area contributed by atoms with Crippen LogP contribution in [-0.4, -0.2) is 71.7 Å². The van der Waals surface area contributed by atoms with Gasteiger partial charge in [-0.05, 0) is 47.4 Å². The molecule has 2 aliphatic heterocycles. The van der Waals surface area contributed by atoms with E-state index < -0.39 is 36.2 Å². The molecule has 2 heterocycles. The monoisotopic (exact) mass is 570 g/mol. The summed E-state index contributed by atoms with van der Waals surface area (Å²) >= 11 is 0. The number of hydrogen-bond acceptors (Lipinski definition) is 7. The van der Waals surface area contributed by atoms with Gasteiger partial charge in [-0.2, -0.15) is 0 Å². The largest absolute Gasteiger partial charge is 0.434 e. The lowest BCUT2D eigenvalue weighted by atomic mass is 10.1. The van der Waals surface area contributed by atoms with Crippen molar-refractivity contribution in [1.29, 1.82) is 0 Å². The summed E-state index contributed by atoms with van der Waals surface area (Å²) in [6, 6.07) is 19.5. The Morgan fingerprint density at radius 3 is 2.55 bits per heavy atom. The van der Waals surface area contributed by atoms with Gasteiger partial charge in [-0.25, -0.2) is 0 Å². The summed E-state index contributed by atoms with van der Waals surface area (Å²) in [7, 11) is 0. The number of aliphatic hydroxyl groups excluding tert-OH is 1. The van der Waals surface area contributed by atoms with Crippen LogP contribution in [-0.2, 0) is 25.7 Å². The number of esters is 1. The Labute approximate surface area is 243 Å². The molecule has 1 saturated heterocycles. The lowest BCUT2D eigenvalue weighted by molar-refractivity contribution is -0.155. The van der Waals surface area contributed by atoms with Crippen LogP contribution in [0.15, 0.2) is 78.4 Å². The second-order valence-electron chi connectivity index (χ2n) is 10.7. The fourth-order valence-electron chi connectivity index (χ4n) is 5.23. The summed E-state index contributed by atoms with van der Waals surface area (Å²) in [6.45, 7) is 3.01. The first-order chi connectivity index (χ1) is 20.2. The van der Waals surface area contributed by atoms with Crippen LogP contribution >= 0.6 is 0 Å². The van der Waals surface area contributed by atoms with Crippen LogP contribution in [0.1, 0.15) is 34.3 Å². The molecule has 3 amide bonds. The van der Waals surface area contributed by atoms with Gasteiger partial charge in [0.1, 0.15) is 12.1 Å². The Kier molecular flexibility index (Phi) is 8.94. The van der Waals surface area contributed by atoms with Gasteiger partial charge in [0, 0.05) is 25.2 Å². The first-order valence-electron chi connectivity index (χ1n) is 13.9. The van der Waals surface area contributed by atoms with E-state index in [9.17, 15) is 24.3 Å². The molecule has 0 aliphatic carbocycles. The molecule has 0 aromatic heterocycles. The Bertz CT molecular complexity index is 1540. The van der Waals surface area contributed by atoms with Crippen LogP contribution in [0.4, 0.5) is 0 Å². The number of carbonyl (C=O) groups is 4. The number of aryl methyl sites for hydroxylation is 1. The second-order valence-corrected chi connectivity index (χ2v) is 10.7. The van der Waals surface area contributed by atoms with Gasteiger partial charge in [0.05, 0.1) is 13.0 Å². The normalized spacial score (nSPS) is 20.6. The molecule has 10 heteroatoms. The highest BCUT2D eigenvalue weighted by Crippen LogP contribution is 2.18. The van der Waals surface area contributed by atoms with Crippen LogP contribution in [0.3, 0.4) is 0 Å². The lowest BCUT2D eigenvalue weighted by Crippen LogP contribution is -2.52. The minimum Gasteiger partial charge on any atom is -0.434 e. The molecule has 3 unspecified atom stereocenters. The van der Waals surface area contributed by atoms with Crippen molar-refractivity contribution in [1.82, 2.24) is 20.9 Å². The smallest absolute Gasteiger partial charge is 0.310 e. The molecule has 3 atom stereocenters. The SMILES string of the molecule is Cc1cccc(CNCC2=CCC(NC(=O)c3ccc4ccccc4c3)C(=O)N(CC(=O)NC3CC(=O)OC3O)C2)c1. The van der Waals surface area contributed by atoms with Gasteiger partial charge in [0.15, 0.2) is 0 Å². The van der Waals surface area contributed by atoms with Crippen molar-refractivity contribution in [3.05, 3.63) is 95.1 Å². The predicted molar refractivity (Wildman–Crippen MR) is 156 cm³/mol. The summed E-state index contributed by atoms with van der Waals surface area (Å²) in [5.74, 6) is -1.94. The summed E-state index contributed by atoms with van der Waals surface area (Å²) in [5.41, 5.74) is 3.61. The molecule has 3 aromatic carbocycles. The zero-order valence-corrected chi connectivity index (χ0v) is 23.3. The summed E-state index contributed by atoms with van der Waals surface area (Å²) in [6.07, 6.45) is 0.606. The van der Waals surface area contributed by atoms with Gasteiger partial charge in [-0.1, -0.05) is 66.2 Å². The van der Waals surface area contributed by atoms with E-state index >= 15 is 0 Å². The van der Waals surface area contributed by atoms with E-state index in [1.807, 2.05) is 61.5 Å². The molecular weight excluding hydrogens is 536 g/mol. The highest BCUT2D eigenvalue weighted by molar-refractivity contribution is 6.01. The number of aliphatic hydroxyl groups is 1. The molecule has 5 rings (SSSR count). The maximum atomic E-state index is 13.6. The molecule has 42 heavy (non-hydrogen) atoms. The van der Waals surface area contributed by atoms with E-state index in [0.29, 0.717) is 18.7 Å². The predicted octanol–water partition coefficient (Wildman–Crippen LogP) is 1.95. The second kappa shape index (κ2) is 13.0. The summed E-state index contributed by atoms with van der Waals surface area (Å²) in [4.78, 5) is 52.6. The zero-order valence-electron chi connectivity index (χ0n) is 23.3. The molecule has 0 radical (unpaired) electrons. The molecule has 0 saturated carbocycles. The third-order valence-electron chi connectivity index (χ3n) is 7.39. The van der Waals surface area contributed by atoms with E-state index in [0.717, 1.165) is 27.5 Å². The van der Waals surface area contributed by atoms with Gasteiger partial charge in [0.2, 0.25) is 18.1 Å². The van der Waals surface area contributed by atoms with Crippen molar-refractivity contribution < 1.29 is 29.0 Å². The number of nitrogens with one attached hydrogen (secondary N) is 3. The number of hydrogen-bond donors (Lipinski definition) is 4. The topological polar surface area (TPSA) is 137 Å². The van der Waals surface area contributed by atoms with E-state index in [2.05, 4.69) is 22.0 Å². The Morgan fingerprint density at radius 1 is 0.976 bits per heavy atom. The van der Waals surface area contributed by atoms with Crippen molar-refractivity contribution in [2.75, 3.05) is 19.6 Å². The number of ether oxygens (including phenoxy) is 1. The van der Waals surface area contributed by atoms with Crippen molar-refractivity contribution in [2.45, 2.75) is 44.7 Å². The number of benzene rings is 3. The van der Waals surface area contributed by atoms with E-state index in [-0.39, 0.29) is 31.8 Å². The highest BCUT2D eigenvalue weighted by Gasteiger charge is 2.36. The van der Waals surface area contributed by atoms with Crippen molar-refractivity contribution in [3.8, 4) is 0 Å². The van der Waals surface area contributed by atoms with Gasteiger partial charge < -0.3 is 30.7 Å². The van der Waals surface area contributed by atoms with Crippen LogP contribution in [0.25, 0.3) is 10.8 Å². The molecule has 10 nitrogen and oxygen atoms in total. The minimum atomic E-state index is -1.43. The molecule has 0 spiro atoms. The molecule has 1 fully saturated rings. The van der Waals surface area contributed by atoms with Crippen molar-refractivity contribution in [3.63, 3.8) is 0 Å². The van der Waals surface area contributed by atoms with Gasteiger partial charge >= 0.3 is 5.97 Å². The summed E-state index contributed by atoms with van der Waals surface area (Å²) < 4.78 is 4.70. The third kappa shape index (κ3) is 7.20. The quantitative estimate of drug-likeness (QED) is 0.228. The number of nitrogens with zero attached hydrogens (tertiary/aromatic N) is 1. The van der Waals surface area contributed by atoms with E-state index in [1.54, 1.807) is 12.1 Å². The molecule has 2 aliphatic rings. The Hall–Kier alpha value is -4.54. The van der Waals surface area contributed by atoms with Gasteiger partial charge in [0.25, 0.3) is 5.91 Å². The Morgan fingerprint density at radius 2 is 1.79 bits per heavy atom. The molecule has 3 aromatic rings. The van der Waals surface area contributed by atoms with Crippen molar-refractivity contribution in [2.24, 2.45) is 0 Å². The molecule has 4 N–H and O–H groups in total. The fraction of sp³-hybridized carbons (Fsp3) is 0.312. The zero-order chi connectivity index (χ0) is 29.6. The van der Waals surface area contributed by atoms with Crippen LogP contribution in [0.2, 0.25) is 0 Å². The van der Waals surface area contributed by atoms with E-state index in [1.165, 1.54) is 4.90 Å². The number of rotatable bonds is 9. The van der Waals surface area contributed by atoms with Crippen molar-refractivity contribution >= 4 is 34.5 Å². The van der Waals surface area contributed by atoms with Gasteiger partial charge in [-0.3, -0.25) is 19.2 Å². The number of cyclic esters (lactones) is 1. The van der Waals surface area contributed by atoms with Crippen LogP contribution < -0.4 is 16.0 Å². The van der Waals surface area contributed by atoms with E-state index in [4.69, 9.17) is 4.74 Å². The Balaban J connectivity index is 1.29. The average Bonchev–Trinajstić information content (AvgIpc) is 3.21. The van der Waals surface area contributed by atoms with Crippen LogP contribution in [0.5, 0.6) is 0 Å². The maximum absolute atomic E-state index is 13.6. The molecule has 218 valence electrons. The first kappa shape index (κ1) is 29.0. The van der Waals surface area contributed by atoms with Gasteiger partial charge in [-0.15, -0.1) is 0 Å². The number of fused-ring (bicyclic) bond motifs is 1. The summed E-state index contributed by atoms with van der Waals surface area (Å²) in [5, 5.41) is 20.6. The lowest BCUT2D eigenvalue weighted by Gasteiger charge is -2.26. The average molecular weight is 571 g/mol. The third-order valence-corrected chi connectivity index (χ3v) is 7.39. The molecule has 0 bridgehead atoms. The number of carbonyl (C=O) groups excluding carboxylic acids is 4. The molecular formula is C32H34N4O6. The highest BCUT2D eigenvalue weighted by atomic mass is 16.6. The minimum absolute atomic E-state index is 0.153. The maximum Gasteiger partial charge on any atom is 0.310 e. The first-order valence-corrected chi connectivity index (χ1v) is 13.9.